The van der Waals surface area contributed by atoms with Gasteiger partial charge in [-0.2, -0.15) is 0 Å². The monoisotopic (exact) mass is 290 g/mol. The average molecular weight is 290 g/mol. The second kappa shape index (κ2) is 7.67. The molecule has 0 unspecified atom stereocenters. The van der Waals surface area contributed by atoms with E-state index in [2.05, 4.69) is 12.2 Å². The third kappa shape index (κ3) is 4.48. The zero-order chi connectivity index (χ0) is 15.1. The summed E-state index contributed by atoms with van der Waals surface area (Å²) in [7, 11) is 0. The number of nitrogens with zero attached hydrogens (tertiary/aromatic N) is 1. The summed E-state index contributed by atoms with van der Waals surface area (Å²) in [5, 5.41) is 2.77. The van der Waals surface area contributed by atoms with Crippen molar-refractivity contribution in [3.8, 4) is 5.75 Å². The third-order valence-electron chi connectivity index (χ3n) is 3.42. The molecule has 0 aliphatic carbocycles. The molecule has 0 bridgehead atoms. The number of benzene rings is 1. The molecule has 0 saturated carbocycles. The van der Waals surface area contributed by atoms with Gasteiger partial charge in [-0.1, -0.05) is 13.3 Å². The van der Waals surface area contributed by atoms with Crippen molar-refractivity contribution in [2.24, 2.45) is 0 Å². The van der Waals surface area contributed by atoms with E-state index in [0.29, 0.717) is 25.3 Å². The van der Waals surface area contributed by atoms with Gasteiger partial charge in [0.2, 0.25) is 5.91 Å². The Kier molecular flexibility index (Phi) is 5.60. The van der Waals surface area contributed by atoms with E-state index >= 15 is 0 Å². The van der Waals surface area contributed by atoms with Gasteiger partial charge >= 0.3 is 0 Å². The smallest absolute Gasteiger partial charge is 0.254 e. The van der Waals surface area contributed by atoms with E-state index in [4.69, 9.17) is 4.74 Å². The molecule has 114 valence electrons. The number of amides is 2. The Morgan fingerprint density at radius 3 is 2.81 bits per heavy atom. The first-order valence-corrected chi connectivity index (χ1v) is 7.49. The van der Waals surface area contributed by atoms with Gasteiger partial charge in [-0.3, -0.25) is 9.59 Å². The molecule has 0 atom stereocenters. The van der Waals surface area contributed by atoms with Crippen LogP contribution in [-0.2, 0) is 4.79 Å². The molecule has 2 amide bonds. The SMILES string of the molecule is CCCCOc1ccc(C(=O)N2CCCNC(=O)C2)cc1. The Hall–Kier alpha value is -2.04. The molecule has 1 fully saturated rings. The molecule has 1 aliphatic rings. The van der Waals surface area contributed by atoms with Crippen LogP contribution in [0.4, 0.5) is 0 Å². The topological polar surface area (TPSA) is 58.6 Å². The van der Waals surface area contributed by atoms with Crippen LogP contribution < -0.4 is 10.1 Å². The fraction of sp³-hybridized carbons (Fsp3) is 0.500. The maximum Gasteiger partial charge on any atom is 0.254 e. The molecular weight excluding hydrogens is 268 g/mol. The first kappa shape index (κ1) is 15.4. The van der Waals surface area contributed by atoms with Crippen LogP contribution in [0.2, 0.25) is 0 Å². The van der Waals surface area contributed by atoms with Gasteiger partial charge in [-0.25, -0.2) is 0 Å². The molecule has 1 N–H and O–H groups in total. The number of carbonyl (C=O) groups is 2. The molecular formula is C16H22N2O3. The van der Waals surface area contributed by atoms with Crippen LogP contribution in [0.3, 0.4) is 0 Å². The van der Waals surface area contributed by atoms with Crippen molar-refractivity contribution in [2.75, 3.05) is 26.2 Å². The van der Waals surface area contributed by atoms with E-state index in [-0.39, 0.29) is 18.4 Å². The van der Waals surface area contributed by atoms with Crippen LogP contribution >= 0.6 is 0 Å². The summed E-state index contributed by atoms with van der Waals surface area (Å²) < 4.78 is 5.57. The quantitative estimate of drug-likeness (QED) is 0.842. The largest absolute Gasteiger partial charge is 0.494 e. The van der Waals surface area contributed by atoms with Crippen molar-refractivity contribution in [2.45, 2.75) is 26.2 Å². The Morgan fingerprint density at radius 1 is 1.33 bits per heavy atom. The summed E-state index contributed by atoms with van der Waals surface area (Å²) in [6.07, 6.45) is 2.90. The van der Waals surface area contributed by atoms with Gasteiger partial charge in [0.05, 0.1) is 13.2 Å². The Labute approximate surface area is 125 Å². The van der Waals surface area contributed by atoms with Crippen molar-refractivity contribution >= 4 is 11.8 Å². The van der Waals surface area contributed by atoms with Crippen molar-refractivity contribution in [1.29, 1.82) is 0 Å². The zero-order valence-corrected chi connectivity index (χ0v) is 12.4. The third-order valence-corrected chi connectivity index (χ3v) is 3.42. The molecule has 5 heteroatoms. The highest BCUT2D eigenvalue weighted by atomic mass is 16.5. The highest BCUT2D eigenvalue weighted by Crippen LogP contribution is 2.15. The van der Waals surface area contributed by atoms with Crippen molar-refractivity contribution < 1.29 is 14.3 Å². The van der Waals surface area contributed by atoms with Crippen LogP contribution in [-0.4, -0.2) is 43.0 Å². The van der Waals surface area contributed by atoms with Crippen LogP contribution in [0.1, 0.15) is 36.5 Å². The summed E-state index contributed by atoms with van der Waals surface area (Å²) in [5.74, 6) is 0.570. The van der Waals surface area contributed by atoms with Crippen LogP contribution in [0, 0.1) is 0 Å². The van der Waals surface area contributed by atoms with E-state index in [1.165, 1.54) is 0 Å². The lowest BCUT2D eigenvalue weighted by molar-refractivity contribution is -0.121. The van der Waals surface area contributed by atoms with Gasteiger partial charge in [0.15, 0.2) is 0 Å². The summed E-state index contributed by atoms with van der Waals surface area (Å²) in [5.41, 5.74) is 0.590. The Morgan fingerprint density at radius 2 is 2.10 bits per heavy atom. The maximum atomic E-state index is 12.4. The number of unbranched alkanes of at least 4 members (excludes halogenated alkanes) is 1. The highest BCUT2D eigenvalue weighted by molar-refractivity contribution is 5.96. The fourth-order valence-electron chi connectivity index (χ4n) is 2.19. The number of ether oxygens (including phenoxy) is 1. The lowest BCUT2D eigenvalue weighted by Crippen LogP contribution is -2.37. The van der Waals surface area contributed by atoms with E-state index in [1.807, 2.05) is 0 Å². The fourth-order valence-corrected chi connectivity index (χ4v) is 2.19. The van der Waals surface area contributed by atoms with Gasteiger partial charge < -0.3 is 15.0 Å². The predicted octanol–water partition coefficient (Wildman–Crippen LogP) is 1.83. The molecule has 1 heterocycles. The van der Waals surface area contributed by atoms with Crippen LogP contribution in [0.5, 0.6) is 5.75 Å². The minimum Gasteiger partial charge on any atom is -0.494 e. The first-order valence-electron chi connectivity index (χ1n) is 7.49. The molecule has 1 aliphatic heterocycles. The van der Waals surface area contributed by atoms with Gasteiger partial charge in [-0.05, 0) is 37.1 Å². The number of nitrogens with one attached hydrogen (secondary N) is 1. The van der Waals surface area contributed by atoms with Crippen LogP contribution in [0.25, 0.3) is 0 Å². The highest BCUT2D eigenvalue weighted by Gasteiger charge is 2.20. The second-order valence-electron chi connectivity index (χ2n) is 5.16. The minimum atomic E-state index is -0.104. The molecule has 0 spiro atoms. The van der Waals surface area contributed by atoms with Crippen molar-refractivity contribution in [3.63, 3.8) is 0 Å². The van der Waals surface area contributed by atoms with E-state index in [9.17, 15) is 9.59 Å². The van der Waals surface area contributed by atoms with E-state index < -0.39 is 0 Å². The Bertz CT molecular complexity index is 485. The van der Waals surface area contributed by atoms with Crippen molar-refractivity contribution in [3.05, 3.63) is 29.8 Å². The molecule has 5 nitrogen and oxygen atoms in total. The van der Waals surface area contributed by atoms with Gasteiger partial charge in [0.25, 0.3) is 5.91 Å². The Balaban J connectivity index is 1.97. The van der Waals surface area contributed by atoms with Crippen LogP contribution in [0.15, 0.2) is 24.3 Å². The molecule has 2 rings (SSSR count). The van der Waals surface area contributed by atoms with E-state index in [1.54, 1.807) is 29.2 Å². The number of rotatable bonds is 5. The minimum absolute atomic E-state index is 0.0969. The summed E-state index contributed by atoms with van der Waals surface area (Å²) in [6.45, 7) is 4.17. The normalized spacial score (nSPS) is 15.3. The standard InChI is InChI=1S/C16H22N2O3/c1-2-3-11-21-14-7-5-13(6-8-14)16(20)18-10-4-9-17-15(19)12-18/h5-8H,2-4,9-12H2,1H3,(H,17,19). The predicted molar refractivity (Wildman–Crippen MR) is 80.4 cm³/mol. The van der Waals surface area contributed by atoms with Crippen molar-refractivity contribution in [1.82, 2.24) is 10.2 Å². The van der Waals surface area contributed by atoms with Gasteiger partial charge in [0.1, 0.15) is 5.75 Å². The molecule has 0 aromatic heterocycles. The molecule has 1 aromatic carbocycles. The molecule has 0 radical (unpaired) electrons. The maximum absolute atomic E-state index is 12.4. The lowest BCUT2D eigenvalue weighted by Gasteiger charge is -2.19. The number of hydrogen-bond acceptors (Lipinski definition) is 3. The van der Waals surface area contributed by atoms with E-state index in [0.717, 1.165) is 25.0 Å². The zero-order valence-electron chi connectivity index (χ0n) is 12.4. The summed E-state index contributed by atoms with van der Waals surface area (Å²) >= 11 is 0. The second-order valence-corrected chi connectivity index (χ2v) is 5.16. The van der Waals surface area contributed by atoms with Gasteiger partial charge in [-0.15, -0.1) is 0 Å². The summed E-state index contributed by atoms with van der Waals surface area (Å²) in [4.78, 5) is 25.5. The van der Waals surface area contributed by atoms with Gasteiger partial charge in [0, 0.05) is 18.7 Å². The molecule has 1 saturated heterocycles. The number of hydrogen-bond donors (Lipinski definition) is 1. The molecule has 1 aromatic rings. The first-order chi connectivity index (χ1) is 10.2. The number of carbonyl (C=O) groups excluding carboxylic acids is 2. The summed E-state index contributed by atoms with van der Waals surface area (Å²) in [6, 6.07) is 7.13. The average Bonchev–Trinajstić information content (AvgIpc) is 2.72. The lowest BCUT2D eigenvalue weighted by atomic mass is 10.2. The molecule has 21 heavy (non-hydrogen) atoms.